The summed E-state index contributed by atoms with van der Waals surface area (Å²) in [4.78, 5) is 14.7. The first-order chi connectivity index (χ1) is 7.91. The molecular formula is C10H11ClF2N2O2. The Morgan fingerprint density at radius 2 is 2.35 bits per heavy atom. The van der Waals surface area contributed by atoms with Crippen LogP contribution >= 0.6 is 11.6 Å². The predicted octanol–water partition coefficient (Wildman–Crippen LogP) is 1.93. The second-order valence-corrected chi connectivity index (χ2v) is 3.56. The van der Waals surface area contributed by atoms with Gasteiger partial charge in [0.2, 0.25) is 0 Å². The minimum atomic E-state index is -3.84. The van der Waals surface area contributed by atoms with Gasteiger partial charge in [0.05, 0.1) is 6.61 Å². The normalized spacial score (nSPS) is 13.2. The van der Waals surface area contributed by atoms with Crippen LogP contribution in [0.25, 0.3) is 0 Å². The second-order valence-electron chi connectivity index (χ2n) is 3.20. The number of ether oxygens (including phenoxy) is 1. The molecule has 17 heavy (non-hydrogen) atoms. The van der Waals surface area contributed by atoms with E-state index in [0.717, 1.165) is 0 Å². The average molecular weight is 265 g/mol. The first kappa shape index (κ1) is 13.8. The van der Waals surface area contributed by atoms with Crippen molar-refractivity contribution in [1.82, 2.24) is 4.98 Å². The Kier molecular flexibility index (Phi) is 4.36. The Morgan fingerprint density at radius 3 is 2.88 bits per heavy atom. The monoisotopic (exact) mass is 264 g/mol. The van der Waals surface area contributed by atoms with Crippen molar-refractivity contribution >= 4 is 17.6 Å². The van der Waals surface area contributed by atoms with Crippen LogP contribution in [0.5, 0.6) is 0 Å². The summed E-state index contributed by atoms with van der Waals surface area (Å²) >= 11 is 5.63. The van der Waals surface area contributed by atoms with E-state index in [4.69, 9.17) is 17.3 Å². The Morgan fingerprint density at radius 1 is 1.71 bits per heavy atom. The van der Waals surface area contributed by atoms with Crippen LogP contribution in [0.4, 0.5) is 8.78 Å². The Labute approximate surface area is 102 Å². The quantitative estimate of drug-likeness (QED) is 0.667. The number of hydrogen-bond donors (Lipinski definition) is 1. The van der Waals surface area contributed by atoms with E-state index in [1.165, 1.54) is 25.3 Å². The molecule has 1 heterocycles. The number of nitrogens with zero attached hydrogens (tertiary/aromatic N) is 1. The Balaban J connectivity index is 3.00. The fraction of sp³-hybridized carbons (Fsp3) is 0.400. The minimum Gasteiger partial charge on any atom is -0.462 e. The van der Waals surface area contributed by atoms with E-state index in [1.807, 2.05) is 0 Å². The van der Waals surface area contributed by atoms with Crippen LogP contribution in [-0.2, 0) is 9.53 Å². The van der Waals surface area contributed by atoms with Crippen molar-refractivity contribution in [3.63, 3.8) is 0 Å². The molecule has 0 aromatic carbocycles. The summed E-state index contributed by atoms with van der Waals surface area (Å²) in [6.07, 6.45) is 1.33. The topological polar surface area (TPSA) is 65.2 Å². The third kappa shape index (κ3) is 2.89. The summed E-state index contributed by atoms with van der Waals surface area (Å²) in [7, 11) is 0. The number of nitrogens with two attached hydrogens (primary N) is 1. The molecular weight excluding hydrogens is 254 g/mol. The molecule has 2 N–H and O–H groups in total. The number of carbonyl (C=O) groups is 1. The van der Waals surface area contributed by atoms with Gasteiger partial charge in [-0.05, 0) is 13.0 Å². The lowest BCUT2D eigenvalue weighted by molar-refractivity contribution is -0.174. The van der Waals surface area contributed by atoms with Crippen LogP contribution in [0.1, 0.15) is 18.5 Å². The highest BCUT2D eigenvalue weighted by atomic mass is 35.5. The Bertz CT molecular complexity index is 415. The average Bonchev–Trinajstić information content (AvgIpc) is 2.29. The third-order valence-corrected chi connectivity index (χ3v) is 2.38. The summed E-state index contributed by atoms with van der Waals surface area (Å²) in [5.41, 5.74) is 5.23. The summed E-state index contributed by atoms with van der Waals surface area (Å²) in [5.74, 6) is -5.52. The largest absolute Gasteiger partial charge is 0.462 e. The van der Waals surface area contributed by atoms with E-state index < -0.39 is 17.9 Å². The summed E-state index contributed by atoms with van der Waals surface area (Å²) in [6.45, 7) is 1.28. The molecule has 7 heteroatoms. The van der Waals surface area contributed by atoms with Gasteiger partial charge in [-0.25, -0.2) is 9.78 Å². The standard InChI is InChI=1S/C10H11ClF2N2O2/c1-2-17-9(16)10(12,13)7(14)6-4-3-5-15-8(6)11/h3-5,7H,2,14H2,1H3/t7-/m0/s1. The highest BCUT2D eigenvalue weighted by Crippen LogP contribution is 2.33. The van der Waals surface area contributed by atoms with Crippen molar-refractivity contribution in [1.29, 1.82) is 0 Å². The smallest absolute Gasteiger partial charge is 0.379 e. The molecule has 0 saturated heterocycles. The number of halogens is 3. The van der Waals surface area contributed by atoms with Crippen molar-refractivity contribution in [3.05, 3.63) is 29.0 Å². The molecule has 1 aromatic rings. The van der Waals surface area contributed by atoms with E-state index in [-0.39, 0.29) is 17.3 Å². The van der Waals surface area contributed by atoms with Crippen LogP contribution in [-0.4, -0.2) is 23.5 Å². The number of aromatic nitrogens is 1. The maximum absolute atomic E-state index is 13.6. The highest BCUT2D eigenvalue weighted by Gasteiger charge is 2.48. The van der Waals surface area contributed by atoms with Crippen molar-refractivity contribution in [2.24, 2.45) is 5.73 Å². The zero-order chi connectivity index (χ0) is 13.1. The van der Waals surface area contributed by atoms with Gasteiger partial charge < -0.3 is 10.5 Å². The van der Waals surface area contributed by atoms with E-state index in [0.29, 0.717) is 0 Å². The lowest BCUT2D eigenvalue weighted by Crippen LogP contribution is -2.41. The van der Waals surface area contributed by atoms with Crippen LogP contribution < -0.4 is 5.73 Å². The molecule has 0 spiro atoms. The number of hydrogen-bond acceptors (Lipinski definition) is 4. The zero-order valence-electron chi connectivity index (χ0n) is 8.99. The van der Waals surface area contributed by atoms with Crippen molar-refractivity contribution < 1.29 is 18.3 Å². The summed E-state index contributed by atoms with van der Waals surface area (Å²) in [6, 6.07) is 0.804. The number of alkyl halides is 2. The molecule has 1 atom stereocenters. The molecule has 1 rings (SSSR count). The molecule has 4 nitrogen and oxygen atoms in total. The van der Waals surface area contributed by atoms with Crippen molar-refractivity contribution in [2.45, 2.75) is 18.9 Å². The number of carbonyl (C=O) groups excluding carboxylic acids is 1. The molecule has 0 aliphatic carbocycles. The molecule has 0 radical (unpaired) electrons. The van der Waals surface area contributed by atoms with Gasteiger partial charge in [-0.3, -0.25) is 0 Å². The van der Waals surface area contributed by atoms with Crippen molar-refractivity contribution in [3.8, 4) is 0 Å². The van der Waals surface area contributed by atoms with Gasteiger partial charge in [-0.1, -0.05) is 17.7 Å². The zero-order valence-corrected chi connectivity index (χ0v) is 9.75. The summed E-state index contributed by atoms with van der Waals surface area (Å²) < 4.78 is 31.4. The predicted molar refractivity (Wildman–Crippen MR) is 57.8 cm³/mol. The molecule has 94 valence electrons. The molecule has 0 aliphatic heterocycles. The maximum atomic E-state index is 13.6. The van der Waals surface area contributed by atoms with Gasteiger partial charge in [0, 0.05) is 11.8 Å². The Hall–Kier alpha value is -1.27. The minimum absolute atomic E-state index is 0.104. The SMILES string of the molecule is CCOC(=O)C(F)(F)[C@@H](N)c1cccnc1Cl. The number of rotatable bonds is 4. The molecule has 0 unspecified atom stereocenters. The summed E-state index contributed by atoms with van der Waals surface area (Å²) in [5, 5.41) is -0.163. The van der Waals surface area contributed by atoms with Gasteiger partial charge in [0.25, 0.3) is 0 Å². The first-order valence-corrected chi connectivity index (χ1v) is 5.20. The molecule has 1 aromatic heterocycles. The van der Waals surface area contributed by atoms with E-state index in [9.17, 15) is 13.6 Å². The third-order valence-electron chi connectivity index (χ3n) is 2.06. The van der Waals surface area contributed by atoms with Gasteiger partial charge in [0.15, 0.2) is 0 Å². The van der Waals surface area contributed by atoms with E-state index in [1.54, 1.807) is 0 Å². The molecule has 0 saturated carbocycles. The molecule has 0 amide bonds. The van der Waals surface area contributed by atoms with Crippen molar-refractivity contribution in [2.75, 3.05) is 6.61 Å². The molecule has 0 aliphatic rings. The second kappa shape index (κ2) is 5.37. The maximum Gasteiger partial charge on any atom is 0.379 e. The van der Waals surface area contributed by atoms with E-state index in [2.05, 4.69) is 9.72 Å². The number of pyridine rings is 1. The van der Waals surface area contributed by atoms with Gasteiger partial charge in [-0.15, -0.1) is 0 Å². The number of esters is 1. The van der Waals surface area contributed by atoms with Gasteiger partial charge in [-0.2, -0.15) is 8.78 Å². The fourth-order valence-corrected chi connectivity index (χ4v) is 1.42. The van der Waals surface area contributed by atoms with E-state index >= 15 is 0 Å². The molecule has 0 bridgehead atoms. The lowest BCUT2D eigenvalue weighted by Gasteiger charge is -2.22. The van der Waals surface area contributed by atoms with Crippen LogP contribution in [0.2, 0.25) is 5.15 Å². The highest BCUT2D eigenvalue weighted by molar-refractivity contribution is 6.30. The molecule has 0 fully saturated rings. The lowest BCUT2D eigenvalue weighted by atomic mass is 10.0. The fourth-order valence-electron chi connectivity index (χ4n) is 1.18. The van der Waals surface area contributed by atoms with Crippen LogP contribution in [0.15, 0.2) is 18.3 Å². The van der Waals surface area contributed by atoms with Gasteiger partial charge in [0.1, 0.15) is 11.2 Å². The van der Waals surface area contributed by atoms with Crippen LogP contribution in [0, 0.1) is 0 Å². The first-order valence-electron chi connectivity index (χ1n) is 4.82. The van der Waals surface area contributed by atoms with Crippen LogP contribution in [0.3, 0.4) is 0 Å². The van der Waals surface area contributed by atoms with Gasteiger partial charge >= 0.3 is 11.9 Å².